The van der Waals surface area contributed by atoms with Crippen molar-refractivity contribution in [3.8, 4) is 0 Å². The second kappa shape index (κ2) is 12.3. The van der Waals surface area contributed by atoms with Crippen LogP contribution in [0.25, 0.3) is 0 Å². The van der Waals surface area contributed by atoms with E-state index in [0.717, 1.165) is 36.2 Å². The highest BCUT2D eigenvalue weighted by Gasteiger charge is 2.33. The van der Waals surface area contributed by atoms with Crippen molar-refractivity contribution in [2.75, 3.05) is 27.2 Å². The number of nitrogens with zero attached hydrogens (tertiary/aromatic N) is 2. The van der Waals surface area contributed by atoms with Crippen molar-refractivity contribution in [1.29, 1.82) is 0 Å². The summed E-state index contributed by atoms with van der Waals surface area (Å²) >= 11 is 6.58. The first-order chi connectivity index (χ1) is 15.9. The third kappa shape index (κ3) is 8.10. The molecule has 2 rings (SSSR count). The minimum atomic E-state index is -0.701. The van der Waals surface area contributed by atoms with Gasteiger partial charge in [-0.25, -0.2) is 4.99 Å². The van der Waals surface area contributed by atoms with E-state index in [4.69, 9.17) is 16.6 Å². The van der Waals surface area contributed by atoms with E-state index in [1.165, 1.54) is 5.57 Å². The molecule has 1 heterocycles. The zero-order valence-electron chi connectivity index (χ0n) is 21.6. The average molecular weight is 487 g/mol. The summed E-state index contributed by atoms with van der Waals surface area (Å²) in [5.74, 6) is -0.617. The van der Waals surface area contributed by atoms with Crippen molar-refractivity contribution >= 4 is 29.1 Å². The van der Waals surface area contributed by atoms with E-state index >= 15 is 0 Å². The molecule has 1 aromatic carbocycles. The van der Waals surface area contributed by atoms with Gasteiger partial charge in [-0.1, -0.05) is 55.7 Å². The topological polar surface area (TPSA) is 73.8 Å². The van der Waals surface area contributed by atoms with Gasteiger partial charge < -0.3 is 15.5 Å². The molecular weight excluding hydrogens is 448 g/mol. The third-order valence-corrected chi connectivity index (χ3v) is 6.18. The molecule has 0 bridgehead atoms. The van der Waals surface area contributed by atoms with E-state index in [2.05, 4.69) is 28.5 Å². The molecule has 0 aliphatic carbocycles. The van der Waals surface area contributed by atoms with Gasteiger partial charge in [-0.2, -0.15) is 0 Å². The fourth-order valence-electron chi connectivity index (χ4n) is 3.79. The first kappa shape index (κ1) is 27.8. The van der Waals surface area contributed by atoms with Crippen LogP contribution in [0.1, 0.15) is 58.1 Å². The number of amides is 2. The van der Waals surface area contributed by atoms with E-state index in [-0.39, 0.29) is 17.5 Å². The number of benzene rings is 1. The summed E-state index contributed by atoms with van der Waals surface area (Å²) in [5, 5.41) is 6.17. The molecule has 2 N–H and O–H groups in total. The number of allylic oxidation sites excluding steroid dienone is 2. The Balaban J connectivity index is 2.59. The van der Waals surface area contributed by atoms with Gasteiger partial charge in [0, 0.05) is 30.6 Å². The molecule has 0 saturated heterocycles. The molecule has 1 aliphatic rings. The standard InChI is InChI=1S/C27H39ClN4O2/c1-18-10-8-9-14-32(7)15-13-22(25(33)31-24(26(34)29-6)27(3,4)5)30-23(17-18)20-16-19(2)11-12-21(20)28/h10-13,16,24H,8-9,14-15,17H2,1-7H3,(H,29,34)(H,31,33)/b18-10+,22-13?,30-23?/t24-/m1/s1. The number of hydrogen-bond donors (Lipinski definition) is 2. The summed E-state index contributed by atoms with van der Waals surface area (Å²) in [5.41, 5.74) is 3.61. The number of aryl methyl sites for hydroxylation is 1. The van der Waals surface area contributed by atoms with Gasteiger partial charge in [0.15, 0.2) is 0 Å². The Hall–Kier alpha value is -2.44. The number of carbonyl (C=O) groups is 2. The monoisotopic (exact) mass is 486 g/mol. The van der Waals surface area contributed by atoms with Crippen LogP contribution in [-0.2, 0) is 9.59 Å². The minimum Gasteiger partial charge on any atom is -0.357 e. The second-order valence-electron chi connectivity index (χ2n) is 10.1. The Bertz CT molecular complexity index is 989. The van der Waals surface area contributed by atoms with Gasteiger partial charge in [-0.3, -0.25) is 9.59 Å². The van der Waals surface area contributed by atoms with Gasteiger partial charge in [0.25, 0.3) is 5.91 Å². The second-order valence-corrected chi connectivity index (χ2v) is 10.6. The van der Waals surface area contributed by atoms with E-state index in [0.29, 0.717) is 18.0 Å². The molecular formula is C27H39ClN4O2. The third-order valence-electron chi connectivity index (χ3n) is 5.85. The average Bonchev–Trinajstić information content (AvgIpc) is 2.76. The Kier molecular flexibility index (Phi) is 10.1. The maximum absolute atomic E-state index is 13.5. The number of likely N-dealkylation sites (N-methyl/N-ethyl adjacent to an activating group) is 2. The quantitative estimate of drug-likeness (QED) is 0.608. The Labute approximate surface area is 209 Å². The first-order valence-electron chi connectivity index (χ1n) is 11.8. The number of nitrogens with one attached hydrogen (secondary N) is 2. The minimum absolute atomic E-state index is 0.239. The molecule has 0 aromatic heterocycles. The fraction of sp³-hybridized carbons (Fsp3) is 0.519. The van der Waals surface area contributed by atoms with Gasteiger partial charge in [0.1, 0.15) is 11.7 Å². The zero-order chi connectivity index (χ0) is 25.5. The smallest absolute Gasteiger partial charge is 0.270 e. The summed E-state index contributed by atoms with van der Waals surface area (Å²) in [6, 6.07) is 5.13. The summed E-state index contributed by atoms with van der Waals surface area (Å²) in [6.07, 6.45) is 6.68. The van der Waals surface area contributed by atoms with Crippen molar-refractivity contribution in [2.24, 2.45) is 10.4 Å². The van der Waals surface area contributed by atoms with Crippen LogP contribution in [0, 0.1) is 12.3 Å². The molecule has 0 spiro atoms. The molecule has 0 radical (unpaired) electrons. The summed E-state index contributed by atoms with van der Waals surface area (Å²) in [4.78, 5) is 33.0. The van der Waals surface area contributed by atoms with E-state index in [1.54, 1.807) is 7.05 Å². The van der Waals surface area contributed by atoms with Crippen LogP contribution in [-0.4, -0.2) is 55.7 Å². The van der Waals surface area contributed by atoms with Crippen LogP contribution in [0.5, 0.6) is 0 Å². The van der Waals surface area contributed by atoms with E-state index in [1.807, 2.05) is 59.0 Å². The zero-order valence-corrected chi connectivity index (χ0v) is 22.3. The van der Waals surface area contributed by atoms with Crippen LogP contribution >= 0.6 is 11.6 Å². The lowest BCUT2D eigenvalue weighted by Crippen LogP contribution is -2.53. The van der Waals surface area contributed by atoms with Crippen molar-refractivity contribution in [3.05, 3.63) is 57.8 Å². The molecule has 1 atom stereocenters. The lowest BCUT2D eigenvalue weighted by molar-refractivity contribution is -0.129. The van der Waals surface area contributed by atoms with Crippen LogP contribution in [0.2, 0.25) is 5.02 Å². The molecule has 1 aliphatic heterocycles. The maximum Gasteiger partial charge on any atom is 0.270 e. The van der Waals surface area contributed by atoms with Crippen molar-refractivity contribution < 1.29 is 9.59 Å². The number of hydrogen-bond acceptors (Lipinski definition) is 4. The van der Waals surface area contributed by atoms with Crippen LogP contribution < -0.4 is 10.6 Å². The number of carbonyl (C=O) groups excluding carboxylic acids is 2. The highest BCUT2D eigenvalue weighted by molar-refractivity contribution is 6.34. The van der Waals surface area contributed by atoms with Gasteiger partial charge >= 0.3 is 0 Å². The molecule has 186 valence electrons. The highest BCUT2D eigenvalue weighted by atomic mass is 35.5. The largest absolute Gasteiger partial charge is 0.357 e. The van der Waals surface area contributed by atoms with Crippen LogP contribution in [0.3, 0.4) is 0 Å². The van der Waals surface area contributed by atoms with Crippen LogP contribution in [0.4, 0.5) is 0 Å². The highest BCUT2D eigenvalue weighted by Crippen LogP contribution is 2.24. The van der Waals surface area contributed by atoms with Crippen molar-refractivity contribution in [1.82, 2.24) is 15.5 Å². The number of rotatable bonds is 4. The summed E-state index contributed by atoms with van der Waals surface area (Å²) in [7, 11) is 3.60. The summed E-state index contributed by atoms with van der Waals surface area (Å²) in [6.45, 7) is 11.3. The van der Waals surface area contributed by atoms with E-state index in [9.17, 15) is 9.59 Å². The van der Waals surface area contributed by atoms with Crippen molar-refractivity contribution in [2.45, 2.75) is 59.9 Å². The molecule has 2 amide bonds. The molecule has 34 heavy (non-hydrogen) atoms. The Morgan fingerprint density at radius 1 is 1.18 bits per heavy atom. The van der Waals surface area contributed by atoms with Gasteiger partial charge in [0.2, 0.25) is 5.91 Å². The molecule has 0 fully saturated rings. The van der Waals surface area contributed by atoms with Gasteiger partial charge in [-0.15, -0.1) is 0 Å². The van der Waals surface area contributed by atoms with Crippen LogP contribution in [0.15, 0.2) is 46.6 Å². The van der Waals surface area contributed by atoms with Crippen molar-refractivity contribution in [3.63, 3.8) is 0 Å². The lowest BCUT2D eigenvalue weighted by Gasteiger charge is -2.30. The molecule has 0 saturated carbocycles. The van der Waals surface area contributed by atoms with Gasteiger partial charge in [0.05, 0.1) is 5.71 Å². The fourth-order valence-corrected chi connectivity index (χ4v) is 4.02. The predicted octanol–water partition coefficient (Wildman–Crippen LogP) is 4.66. The van der Waals surface area contributed by atoms with E-state index < -0.39 is 11.5 Å². The molecule has 0 unspecified atom stereocenters. The Morgan fingerprint density at radius 3 is 2.53 bits per heavy atom. The SMILES string of the molecule is CNC(=O)[C@@H](NC(=O)C1=CCN(C)CCC/C=C(\C)CC(c2cc(C)ccc2Cl)=N1)C(C)(C)C. The first-order valence-corrected chi connectivity index (χ1v) is 12.2. The molecule has 6 nitrogen and oxygen atoms in total. The lowest BCUT2D eigenvalue weighted by atomic mass is 9.86. The number of halogens is 1. The molecule has 7 heteroatoms. The van der Waals surface area contributed by atoms with Gasteiger partial charge in [-0.05, 0) is 63.9 Å². The maximum atomic E-state index is 13.5. The predicted molar refractivity (Wildman–Crippen MR) is 141 cm³/mol. The normalized spacial score (nSPS) is 18.9. The number of aliphatic imine (C=N–C) groups is 1. The Morgan fingerprint density at radius 2 is 1.88 bits per heavy atom. The molecule has 1 aromatic rings. The summed E-state index contributed by atoms with van der Waals surface area (Å²) < 4.78 is 0.